The second-order valence-corrected chi connectivity index (χ2v) is 6.09. The van der Waals surface area contributed by atoms with E-state index in [1.165, 1.54) is 12.8 Å². The summed E-state index contributed by atoms with van der Waals surface area (Å²) in [5, 5.41) is 6.94. The van der Waals surface area contributed by atoms with E-state index >= 15 is 0 Å². The van der Waals surface area contributed by atoms with Gasteiger partial charge in [0.05, 0.1) is 18.2 Å². The summed E-state index contributed by atoms with van der Waals surface area (Å²) in [7, 11) is 0. The highest BCUT2D eigenvalue weighted by Crippen LogP contribution is 2.35. The molecule has 0 aliphatic carbocycles. The van der Waals surface area contributed by atoms with Crippen molar-refractivity contribution in [2.75, 3.05) is 17.2 Å². The van der Waals surface area contributed by atoms with Crippen molar-refractivity contribution in [1.29, 1.82) is 0 Å². The minimum absolute atomic E-state index is 0.367. The fraction of sp³-hybridized carbons (Fsp3) is 0.750. The number of anilines is 2. The summed E-state index contributed by atoms with van der Waals surface area (Å²) in [5.41, 5.74) is 0. The number of nitrogens with zero attached hydrogens (tertiary/aromatic N) is 2. The van der Waals surface area contributed by atoms with Crippen LogP contribution < -0.4 is 10.6 Å². The molecule has 3 rings (SSSR count). The van der Waals surface area contributed by atoms with E-state index < -0.39 is 0 Å². The monoisotopic (exact) mass is 290 g/mol. The van der Waals surface area contributed by atoms with Crippen LogP contribution in [0.25, 0.3) is 0 Å². The second-order valence-electron chi connectivity index (χ2n) is 6.09. The summed E-state index contributed by atoms with van der Waals surface area (Å²) < 4.78 is 5.91. The largest absolute Gasteiger partial charge is 0.373 e. The molecule has 0 aromatic carbocycles. The third-order valence-electron chi connectivity index (χ3n) is 4.24. The van der Waals surface area contributed by atoms with Gasteiger partial charge in [-0.15, -0.1) is 0 Å². The van der Waals surface area contributed by atoms with E-state index in [1.807, 2.05) is 6.07 Å². The quantitative estimate of drug-likeness (QED) is 0.808. The van der Waals surface area contributed by atoms with Gasteiger partial charge < -0.3 is 15.4 Å². The normalized spacial score (nSPS) is 27.0. The molecule has 3 unspecified atom stereocenters. The zero-order chi connectivity index (χ0) is 14.7. The average Bonchev–Trinajstić information content (AvgIpc) is 3.08. The van der Waals surface area contributed by atoms with E-state index in [0.717, 1.165) is 49.7 Å². The number of aromatic nitrogens is 2. The first-order valence-corrected chi connectivity index (χ1v) is 8.32. The molecule has 21 heavy (non-hydrogen) atoms. The molecule has 1 aromatic rings. The van der Waals surface area contributed by atoms with Crippen molar-refractivity contribution in [2.45, 2.75) is 70.6 Å². The maximum Gasteiger partial charge on any atom is 0.133 e. The first-order valence-electron chi connectivity index (χ1n) is 8.32. The number of nitrogens with one attached hydrogen (secondary N) is 2. The van der Waals surface area contributed by atoms with Gasteiger partial charge >= 0.3 is 0 Å². The van der Waals surface area contributed by atoms with E-state index in [4.69, 9.17) is 4.74 Å². The number of rotatable bonds is 7. The Morgan fingerprint density at radius 3 is 2.71 bits per heavy atom. The molecule has 0 amide bonds. The standard InChI is InChI=1S/C16H26N4O/c1-3-5-14-19-15(17-8-4-2)10-16(20-14)18-12-9-11-6-7-13(12)21-11/h10-13H,3-9H2,1-2H3,(H2,17,18,19,20). The van der Waals surface area contributed by atoms with Crippen LogP contribution in [0, 0.1) is 0 Å². The lowest BCUT2D eigenvalue weighted by Gasteiger charge is -2.21. The molecule has 0 radical (unpaired) electrons. The van der Waals surface area contributed by atoms with Crippen molar-refractivity contribution in [3.05, 3.63) is 11.9 Å². The van der Waals surface area contributed by atoms with Crippen LogP contribution in [0.4, 0.5) is 11.6 Å². The highest BCUT2D eigenvalue weighted by molar-refractivity contribution is 5.48. The lowest BCUT2D eigenvalue weighted by atomic mass is 9.95. The summed E-state index contributed by atoms with van der Waals surface area (Å²) in [6.45, 7) is 5.26. The van der Waals surface area contributed by atoms with Crippen molar-refractivity contribution in [1.82, 2.24) is 9.97 Å². The molecular formula is C16H26N4O. The van der Waals surface area contributed by atoms with E-state index in [-0.39, 0.29) is 0 Å². The molecule has 3 heterocycles. The van der Waals surface area contributed by atoms with Crippen molar-refractivity contribution < 1.29 is 4.74 Å². The van der Waals surface area contributed by atoms with Crippen LogP contribution in [0.5, 0.6) is 0 Å². The number of aryl methyl sites for hydroxylation is 1. The van der Waals surface area contributed by atoms with Gasteiger partial charge in [0, 0.05) is 19.0 Å². The maximum absolute atomic E-state index is 5.91. The zero-order valence-corrected chi connectivity index (χ0v) is 13.1. The molecule has 2 fully saturated rings. The lowest BCUT2D eigenvalue weighted by Crippen LogP contribution is -2.31. The fourth-order valence-corrected chi connectivity index (χ4v) is 3.23. The molecule has 0 spiro atoms. The van der Waals surface area contributed by atoms with Gasteiger partial charge in [0.25, 0.3) is 0 Å². The zero-order valence-electron chi connectivity index (χ0n) is 13.1. The predicted octanol–water partition coefficient (Wildman–Crippen LogP) is 2.98. The summed E-state index contributed by atoms with van der Waals surface area (Å²) in [4.78, 5) is 9.25. The maximum atomic E-state index is 5.91. The van der Waals surface area contributed by atoms with Gasteiger partial charge in [-0.3, -0.25) is 0 Å². The molecule has 0 saturated carbocycles. The number of ether oxygens (including phenoxy) is 1. The lowest BCUT2D eigenvalue weighted by molar-refractivity contribution is 0.102. The van der Waals surface area contributed by atoms with Gasteiger partial charge in [0.2, 0.25) is 0 Å². The van der Waals surface area contributed by atoms with Gasteiger partial charge in [-0.1, -0.05) is 13.8 Å². The Bertz CT molecular complexity index is 479. The van der Waals surface area contributed by atoms with Gasteiger partial charge in [-0.25, -0.2) is 9.97 Å². The van der Waals surface area contributed by atoms with Crippen LogP contribution in [-0.4, -0.2) is 34.8 Å². The highest BCUT2D eigenvalue weighted by atomic mass is 16.5. The molecule has 2 bridgehead atoms. The molecule has 5 heteroatoms. The Labute approximate surface area is 126 Å². The molecule has 2 N–H and O–H groups in total. The first kappa shape index (κ1) is 14.6. The van der Waals surface area contributed by atoms with Crippen molar-refractivity contribution in [3.8, 4) is 0 Å². The van der Waals surface area contributed by atoms with Crippen LogP contribution in [0.1, 0.15) is 51.8 Å². The van der Waals surface area contributed by atoms with Crippen LogP contribution in [-0.2, 0) is 11.2 Å². The van der Waals surface area contributed by atoms with E-state index in [1.54, 1.807) is 0 Å². The molecule has 2 aliphatic heterocycles. The number of hydrogen-bond donors (Lipinski definition) is 2. The minimum Gasteiger partial charge on any atom is -0.373 e. The Kier molecular flexibility index (Phi) is 4.58. The predicted molar refractivity (Wildman–Crippen MR) is 84.7 cm³/mol. The first-order chi connectivity index (χ1) is 10.3. The van der Waals surface area contributed by atoms with E-state index in [9.17, 15) is 0 Å². The molecule has 116 valence electrons. The topological polar surface area (TPSA) is 59.1 Å². The Morgan fingerprint density at radius 2 is 2.05 bits per heavy atom. The SMILES string of the molecule is CCCNc1cc(NC2CC3CCC2O3)nc(CCC)n1. The number of fused-ring (bicyclic) bond motifs is 2. The third-order valence-corrected chi connectivity index (χ3v) is 4.24. The molecule has 2 aliphatic rings. The van der Waals surface area contributed by atoms with Gasteiger partial charge in [0.15, 0.2) is 0 Å². The average molecular weight is 290 g/mol. The highest BCUT2D eigenvalue weighted by Gasteiger charge is 2.40. The molecule has 2 saturated heterocycles. The Hall–Kier alpha value is -1.36. The van der Waals surface area contributed by atoms with Gasteiger partial charge in [-0.05, 0) is 32.1 Å². The minimum atomic E-state index is 0.367. The van der Waals surface area contributed by atoms with E-state index in [2.05, 4.69) is 34.4 Å². The van der Waals surface area contributed by atoms with Gasteiger partial charge in [0.1, 0.15) is 17.5 Å². The third kappa shape index (κ3) is 3.46. The summed E-state index contributed by atoms with van der Waals surface area (Å²) in [6.07, 6.45) is 7.41. The van der Waals surface area contributed by atoms with Crippen LogP contribution in [0.15, 0.2) is 6.07 Å². The second kappa shape index (κ2) is 6.60. The molecule has 3 atom stereocenters. The molecular weight excluding hydrogens is 264 g/mol. The van der Waals surface area contributed by atoms with Crippen molar-refractivity contribution in [2.24, 2.45) is 0 Å². The fourth-order valence-electron chi connectivity index (χ4n) is 3.23. The Morgan fingerprint density at radius 1 is 1.19 bits per heavy atom. The van der Waals surface area contributed by atoms with Crippen molar-refractivity contribution >= 4 is 11.6 Å². The summed E-state index contributed by atoms with van der Waals surface area (Å²) in [6, 6.07) is 2.44. The molecule has 1 aromatic heterocycles. The van der Waals surface area contributed by atoms with Crippen molar-refractivity contribution in [3.63, 3.8) is 0 Å². The Balaban J connectivity index is 1.71. The molecule has 5 nitrogen and oxygen atoms in total. The number of hydrogen-bond acceptors (Lipinski definition) is 5. The van der Waals surface area contributed by atoms with Gasteiger partial charge in [-0.2, -0.15) is 0 Å². The summed E-state index contributed by atoms with van der Waals surface area (Å²) >= 11 is 0. The van der Waals surface area contributed by atoms with Crippen LogP contribution >= 0.6 is 0 Å². The summed E-state index contributed by atoms with van der Waals surface area (Å²) in [5.74, 6) is 2.79. The van der Waals surface area contributed by atoms with E-state index in [0.29, 0.717) is 18.2 Å². The smallest absolute Gasteiger partial charge is 0.133 e. The van der Waals surface area contributed by atoms with Crippen LogP contribution in [0.2, 0.25) is 0 Å². The van der Waals surface area contributed by atoms with Crippen LogP contribution in [0.3, 0.4) is 0 Å².